The van der Waals surface area contributed by atoms with Gasteiger partial charge < -0.3 is 10.2 Å². The van der Waals surface area contributed by atoms with Gasteiger partial charge in [0.2, 0.25) is 0 Å². The molecule has 4 rings (SSSR count). The maximum absolute atomic E-state index is 13.2. The molecule has 2 fully saturated rings. The minimum atomic E-state index is -4.39. The highest BCUT2D eigenvalue weighted by Crippen LogP contribution is 2.69. The van der Waals surface area contributed by atoms with Crippen LogP contribution in [0.1, 0.15) is 81.8 Å². The molecule has 7 atom stereocenters. The summed E-state index contributed by atoms with van der Waals surface area (Å²) in [6.07, 6.45) is 3.97. The molecule has 1 aromatic carbocycles. The number of aliphatic hydroxyl groups excluding tert-OH is 2. The first kappa shape index (κ1) is 29.1. The predicted octanol–water partition coefficient (Wildman–Crippen LogP) is 6.29. The zero-order valence-electron chi connectivity index (χ0n) is 21.7. The minimum Gasteiger partial charge on any atom is -0.393 e. The zero-order chi connectivity index (χ0) is 27.9. The molecule has 0 bridgehead atoms. The number of allylic oxidation sites excluding steroid dienone is 1. The second kappa shape index (κ2) is 10.9. The summed E-state index contributed by atoms with van der Waals surface area (Å²) in [5.74, 6) is -1.21. The van der Waals surface area contributed by atoms with Crippen molar-refractivity contribution in [3.63, 3.8) is 0 Å². The molecule has 0 aromatic heterocycles. The van der Waals surface area contributed by atoms with Crippen molar-refractivity contribution in [2.45, 2.75) is 89.3 Å². The summed E-state index contributed by atoms with van der Waals surface area (Å²) >= 11 is 0. The number of fused-ring (bicyclic) bond motifs is 5. The lowest BCUT2D eigenvalue weighted by Gasteiger charge is -2.60. The van der Waals surface area contributed by atoms with Crippen molar-refractivity contribution in [1.29, 1.82) is 0 Å². The van der Waals surface area contributed by atoms with Crippen molar-refractivity contribution in [2.24, 2.45) is 22.7 Å². The number of hydrogen-bond acceptors (Lipinski definition) is 4. The summed E-state index contributed by atoms with van der Waals surface area (Å²) in [4.78, 5) is 0. The van der Waals surface area contributed by atoms with Gasteiger partial charge in [-0.15, -0.1) is 6.58 Å². The monoisotopic (exact) mass is 557 g/mol. The Bertz CT molecular complexity index is 1190. The highest BCUT2D eigenvalue weighted by Gasteiger charge is 2.63. The third kappa shape index (κ3) is 5.42. The fraction of sp³-hybridized carbons (Fsp3) is 0.643. The zero-order valence-corrected chi connectivity index (χ0v) is 22.5. The lowest BCUT2D eigenvalue weighted by molar-refractivity contribution is -0.0812. The van der Waals surface area contributed by atoms with Crippen molar-refractivity contribution < 1.29 is 36.4 Å². The maximum Gasteiger partial charge on any atom is 0.357 e. The Labute approximate surface area is 222 Å². The van der Waals surface area contributed by atoms with E-state index in [0.717, 1.165) is 56.1 Å². The molecule has 38 heavy (non-hydrogen) atoms. The van der Waals surface area contributed by atoms with Crippen molar-refractivity contribution in [3.8, 4) is 0 Å². The van der Waals surface area contributed by atoms with Crippen LogP contribution in [0.4, 0.5) is 18.9 Å². The number of unbranched alkanes of at least 4 members (excludes halogenated alkanes) is 2. The van der Waals surface area contributed by atoms with E-state index in [1.807, 2.05) is 6.07 Å². The van der Waals surface area contributed by atoms with Crippen LogP contribution in [0.5, 0.6) is 0 Å². The van der Waals surface area contributed by atoms with E-state index in [-0.39, 0.29) is 35.0 Å². The van der Waals surface area contributed by atoms with E-state index in [2.05, 4.69) is 24.3 Å². The van der Waals surface area contributed by atoms with Crippen LogP contribution >= 0.6 is 0 Å². The largest absolute Gasteiger partial charge is 0.393 e. The molecular weight excluding hydrogens is 519 g/mol. The van der Waals surface area contributed by atoms with Crippen LogP contribution in [0, 0.1) is 22.7 Å². The standard InChI is InChI=1S/C28H38F3NO5S/c1-3-28-14-13-17-15-19(32-38(35,36)37)9-10-20(17)24(28)18(16-27(2)22(28)11-12-23(27)34)7-5-4-6-8-21(33)25(29)26(30)31/h3,9-10,15,18,21-24,32-34H,1,4-8,11-14,16H2,2H3,(H,35,36,37)/t18-,21?,22?,23-,24?,27-,28?/m0/s1. The quantitative estimate of drug-likeness (QED) is 0.154. The fourth-order valence-corrected chi connectivity index (χ4v) is 8.52. The Morgan fingerprint density at radius 2 is 1.97 bits per heavy atom. The Morgan fingerprint density at radius 3 is 2.63 bits per heavy atom. The molecule has 0 aliphatic heterocycles. The van der Waals surface area contributed by atoms with E-state index in [4.69, 9.17) is 0 Å². The number of aliphatic hydroxyl groups is 2. The minimum absolute atomic E-state index is 0.0707. The van der Waals surface area contributed by atoms with Crippen molar-refractivity contribution in [1.82, 2.24) is 0 Å². The van der Waals surface area contributed by atoms with Gasteiger partial charge in [-0.25, -0.2) is 4.39 Å². The molecule has 3 aliphatic rings. The van der Waals surface area contributed by atoms with Gasteiger partial charge in [0.1, 0.15) is 6.10 Å². The second-order valence-electron chi connectivity index (χ2n) is 11.7. The van der Waals surface area contributed by atoms with Gasteiger partial charge in [-0.05, 0) is 96.8 Å². The molecule has 1 aromatic rings. The predicted molar refractivity (Wildman–Crippen MR) is 140 cm³/mol. The first-order chi connectivity index (χ1) is 17.8. The van der Waals surface area contributed by atoms with Gasteiger partial charge in [-0.2, -0.15) is 17.2 Å². The summed E-state index contributed by atoms with van der Waals surface area (Å²) in [7, 11) is -4.39. The number of benzene rings is 1. The van der Waals surface area contributed by atoms with Crippen LogP contribution in [0.15, 0.2) is 42.8 Å². The normalized spacial score (nSPS) is 33.0. The topological polar surface area (TPSA) is 107 Å². The third-order valence-electron chi connectivity index (χ3n) is 9.65. The molecule has 10 heteroatoms. The maximum atomic E-state index is 13.2. The molecule has 6 nitrogen and oxygen atoms in total. The van der Waals surface area contributed by atoms with Gasteiger partial charge in [0, 0.05) is 0 Å². The number of aryl methyl sites for hydroxylation is 1. The molecule has 0 radical (unpaired) electrons. The van der Waals surface area contributed by atoms with Gasteiger partial charge in [-0.3, -0.25) is 9.27 Å². The summed E-state index contributed by atoms with van der Waals surface area (Å²) in [5.41, 5.74) is 1.96. The van der Waals surface area contributed by atoms with E-state index < -0.39 is 34.4 Å². The number of halogens is 3. The number of nitrogens with one attached hydrogen (secondary N) is 1. The lowest BCUT2D eigenvalue weighted by Crippen LogP contribution is -2.54. The van der Waals surface area contributed by atoms with Crippen LogP contribution in [0.2, 0.25) is 0 Å². The van der Waals surface area contributed by atoms with Gasteiger partial charge in [0.05, 0.1) is 11.8 Å². The van der Waals surface area contributed by atoms with E-state index >= 15 is 0 Å². The molecule has 0 heterocycles. The molecule has 3 aliphatic carbocycles. The van der Waals surface area contributed by atoms with Crippen LogP contribution in [0.3, 0.4) is 0 Å². The number of hydrogen-bond donors (Lipinski definition) is 4. The third-order valence-corrected chi connectivity index (χ3v) is 10.1. The van der Waals surface area contributed by atoms with Crippen LogP contribution in [-0.2, 0) is 16.7 Å². The smallest absolute Gasteiger partial charge is 0.357 e. The molecule has 0 spiro atoms. The Morgan fingerprint density at radius 1 is 1.24 bits per heavy atom. The SMILES string of the molecule is C=CC12CCc3cc(NS(=O)(=O)O)ccc3C1[C@@H](CCCCCC(O)C(F)=C(F)F)C[C@@]1(C)C2CC[C@@H]1O. The first-order valence-electron chi connectivity index (χ1n) is 13.4. The van der Waals surface area contributed by atoms with Crippen LogP contribution < -0.4 is 4.72 Å². The first-order valence-corrected chi connectivity index (χ1v) is 14.8. The summed E-state index contributed by atoms with van der Waals surface area (Å²) < 4.78 is 72.1. The highest BCUT2D eigenvalue weighted by atomic mass is 32.2. The fourth-order valence-electron chi connectivity index (χ4n) is 8.09. The Kier molecular flexibility index (Phi) is 8.38. The molecule has 2 saturated carbocycles. The number of anilines is 1. The molecule has 4 unspecified atom stereocenters. The van der Waals surface area contributed by atoms with Crippen molar-refractivity contribution >= 4 is 16.0 Å². The van der Waals surface area contributed by atoms with E-state index in [1.54, 1.807) is 12.1 Å². The molecular formula is C28H38F3NO5S. The Balaban J connectivity index is 1.59. The number of rotatable bonds is 10. The van der Waals surface area contributed by atoms with Gasteiger partial charge in [0.25, 0.3) is 0 Å². The van der Waals surface area contributed by atoms with Gasteiger partial charge in [-0.1, -0.05) is 38.3 Å². The van der Waals surface area contributed by atoms with Gasteiger partial charge >= 0.3 is 16.4 Å². The summed E-state index contributed by atoms with van der Waals surface area (Å²) in [6, 6.07) is 5.37. The average Bonchev–Trinajstić information content (AvgIpc) is 3.15. The van der Waals surface area contributed by atoms with Crippen molar-refractivity contribution in [2.75, 3.05) is 4.72 Å². The Hall–Kier alpha value is -1.88. The molecule has 212 valence electrons. The molecule has 0 saturated heterocycles. The van der Waals surface area contributed by atoms with Crippen LogP contribution in [-0.4, -0.2) is 35.4 Å². The lowest BCUT2D eigenvalue weighted by atomic mass is 9.44. The summed E-state index contributed by atoms with van der Waals surface area (Å²) in [6.45, 7) is 6.45. The van der Waals surface area contributed by atoms with E-state index in [9.17, 15) is 36.4 Å². The van der Waals surface area contributed by atoms with E-state index in [1.165, 1.54) is 0 Å². The molecule has 4 N–H and O–H groups in total. The van der Waals surface area contributed by atoms with E-state index in [0.29, 0.717) is 18.5 Å². The summed E-state index contributed by atoms with van der Waals surface area (Å²) in [5, 5.41) is 20.7. The average molecular weight is 558 g/mol. The molecule has 0 amide bonds. The highest BCUT2D eigenvalue weighted by molar-refractivity contribution is 7.87. The second-order valence-corrected chi connectivity index (χ2v) is 12.8. The van der Waals surface area contributed by atoms with Crippen LogP contribution in [0.25, 0.3) is 0 Å². The van der Waals surface area contributed by atoms with Crippen molar-refractivity contribution in [3.05, 3.63) is 53.9 Å². The van der Waals surface area contributed by atoms with Gasteiger partial charge in [0.15, 0.2) is 5.83 Å².